The van der Waals surface area contributed by atoms with Crippen LogP contribution in [0.3, 0.4) is 0 Å². The van der Waals surface area contributed by atoms with Crippen molar-refractivity contribution in [1.82, 2.24) is 10.2 Å². The van der Waals surface area contributed by atoms with Crippen LogP contribution in [0.5, 0.6) is 0 Å². The van der Waals surface area contributed by atoms with Gasteiger partial charge in [-0.15, -0.1) is 0 Å². The molecule has 158 valence electrons. The van der Waals surface area contributed by atoms with Crippen molar-refractivity contribution in [1.29, 1.82) is 0 Å². The Balaban J connectivity index is 0.000000252. The molecule has 2 aromatic rings. The summed E-state index contributed by atoms with van der Waals surface area (Å²) in [4.78, 5) is 2.67. The standard InChI is InChI=1S/C18H27ClN2.C8H10/c1-13-12-18(11-10-17(13)20-2,21(3)16-8-9-16)14-4-6-15(19)7-5-14;1-2-8-6-4-3-5-7-8/h4-7,13,16-17,20H,8-12H2,1-3H3;3-7H,2H2,1H3. The average molecular weight is 413 g/mol. The SMILES string of the molecule is CCc1ccccc1.CNC1CCC(c2ccc(Cl)cc2)(N(C)C2CC2)CC1C. The first kappa shape index (κ1) is 22.3. The van der Waals surface area contributed by atoms with E-state index in [1.807, 2.05) is 18.2 Å². The van der Waals surface area contributed by atoms with Crippen LogP contribution >= 0.6 is 11.6 Å². The highest BCUT2D eigenvalue weighted by Gasteiger charge is 2.47. The van der Waals surface area contributed by atoms with Crippen LogP contribution in [0.25, 0.3) is 0 Å². The highest BCUT2D eigenvalue weighted by atomic mass is 35.5. The first-order valence-corrected chi connectivity index (χ1v) is 11.6. The maximum atomic E-state index is 6.10. The summed E-state index contributed by atoms with van der Waals surface area (Å²) in [6, 6.07) is 20.5. The molecule has 4 rings (SSSR count). The van der Waals surface area contributed by atoms with E-state index in [4.69, 9.17) is 11.6 Å². The molecule has 2 saturated carbocycles. The van der Waals surface area contributed by atoms with Gasteiger partial charge < -0.3 is 5.32 Å². The van der Waals surface area contributed by atoms with Gasteiger partial charge in [0.1, 0.15) is 0 Å². The molecule has 3 atom stereocenters. The number of nitrogens with zero attached hydrogens (tertiary/aromatic N) is 1. The third-order valence-corrected chi connectivity index (χ3v) is 7.24. The van der Waals surface area contributed by atoms with Crippen molar-refractivity contribution in [3.8, 4) is 0 Å². The molecule has 0 spiro atoms. The van der Waals surface area contributed by atoms with Crippen LogP contribution in [0.1, 0.15) is 57.1 Å². The Morgan fingerprint density at radius 3 is 2.17 bits per heavy atom. The number of nitrogens with one attached hydrogen (secondary N) is 1. The molecule has 3 heteroatoms. The third kappa shape index (κ3) is 5.42. The molecule has 0 saturated heterocycles. The van der Waals surface area contributed by atoms with Gasteiger partial charge in [-0.05, 0) is 81.8 Å². The van der Waals surface area contributed by atoms with Gasteiger partial charge in [-0.3, -0.25) is 4.90 Å². The molecule has 0 radical (unpaired) electrons. The Labute approximate surface area is 182 Å². The summed E-state index contributed by atoms with van der Waals surface area (Å²) in [5, 5.41) is 4.33. The largest absolute Gasteiger partial charge is 0.317 e. The summed E-state index contributed by atoms with van der Waals surface area (Å²) in [6.45, 7) is 4.56. The molecule has 0 aliphatic heterocycles. The van der Waals surface area contributed by atoms with Crippen LogP contribution in [0.4, 0.5) is 0 Å². The molecule has 3 unspecified atom stereocenters. The van der Waals surface area contributed by atoms with Crippen molar-refractivity contribution in [3.63, 3.8) is 0 Å². The van der Waals surface area contributed by atoms with Crippen LogP contribution in [-0.4, -0.2) is 31.1 Å². The number of rotatable bonds is 5. The lowest BCUT2D eigenvalue weighted by Gasteiger charge is -2.50. The molecule has 0 aromatic heterocycles. The van der Waals surface area contributed by atoms with Gasteiger partial charge in [-0.1, -0.05) is 67.9 Å². The van der Waals surface area contributed by atoms with E-state index < -0.39 is 0 Å². The molecular formula is C26H37ClN2. The zero-order valence-corrected chi connectivity index (χ0v) is 19.3. The lowest BCUT2D eigenvalue weighted by atomic mass is 9.69. The van der Waals surface area contributed by atoms with Crippen LogP contribution in [0.2, 0.25) is 5.02 Å². The van der Waals surface area contributed by atoms with Crippen LogP contribution < -0.4 is 5.32 Å². The van der Waals surface area contributed by atoms with E-state index in [0.717, 1.165) is 17.5 Å². The maximum Gasteiger partial charge on any atom is 0.0464 e. The molecule has 2 aromatic carbocycles. The molecule has 2 aliphatic carbocycles. The highest BCUT2D eigenvalue weighted by Crippen LogP contribution is 2.48. The zero-order chi connectivity index (χ0) is 20.9. The summed E-state index contributed by atoms with van der Waals surface area (Å²) in [5.41, 5.74) is 3.05. The van der Waals surface area contributed by atoms with E-state index >= 15 is 0 Å². The van der Waals surface area contributed by atoms with Crippen molar-refractivity contribution in [2.75, 3.05) is 14.1 Å². The predicted octanol–water partition coefficient (Wildman–Crippen LogP) is 6.29. The van der Waals surface area contributed by atoms with E-state index in [-0.39, 0.29) is 5.54 Å². The summed E-state index contributed by atoms with van der Waals surface area (Å²) in [7, 11) is 4.43. The minimum atomic E-state index is 0.193. The first-order chi connectivity index (χ1) is 14.0. The van der Waals surface area contributed by atoms with Gasteiger partial charge in [-0.25, -0.2) is 0 Å². The molecule has 0 heterocycles. The quantitative estimate of drug-likeness (QED) is 0.621. The fraction of sp³-hybridized carbons (Fsp3) is 0.538. The fourth-order valence-electron chi connectivity index (χ4n) is 4.96. The van der Waals surface area contributed by atoms with Gasteiger partial charge in [-0.2, -0.15) is 0 Å². The molecule has 2 fully saturated rings. The van der Waals surface area contributed by atoms with E-state index in [9.17, 15) is 0 Å². The average Bonchev–Trinajstić information content (AvgIpc) is 3.60. The van der Waals surface area contributed by atoms with Crippen molar-refractivity contribution in [2.45, 2.75) is 70.0 Å². The molecule has 29 heavy (non-hydrogen) atoms. The third-order valence-electron chi connectivity index (χ3n) is 6.99. The number of hydrogen-bond donors (Lipinski definition) is 1. The monoisotopic (exact) mass is 412 g/mol. The van der Waals surface area contributed by atoms with Crippen molar-refractivity contribution >= 4 is 11.6 Å². The van der Waals surface area contributed by atoms with Crippen LogP contribution in [0, 0.1) is 5.92 Å². The summed E-state index contributed by atoms with van der Waals surface area (Å²) in [6.07, 6.45) is 7.56. The minimum absolute atomic E-state index is 0.193. The van der Waals surface area contributed by atoms with Crippen LogP contribution in [-0.2, 0) is 12.0 Å². The Bertz CT molecular complexity index is 741. The number of aryl methyl sites for hydroxylation is 1. The molecule has 0 amide bonds. The summed E-state index contributed by atoms with van der Waals surface area (Å²) >= 11 is 6.10. The first-order valence-electron chi connectivity index (χ1n) is 11.2. The topological polar surface area (TPSA) is 15.3 Å². The highest BCUT2D eigenvalue weighted by molar-refractivity contribution is 6.30. The molecule has 0 bridgehead atoms. The maximum absolute atomic E-state index is 6.10. The smallest absolute Gasteiger partial charge is 0.0464 e. The molecule has 2 aliphatic rings. The zero-order valence-electron chi connectivity index (χ0n) is 18.5. The Hall–Kier alpha value is -1.35. The molecule has 1 N–H and O–H groups in total. The lowest BCUT2D eigenvalue weighted by Crippen LogP contribution is -2.52. The molecule has 2 nitrogen and oxygen atoms in total. The van der Waals surface area contributed by atoms with Gasteiger partial charge in [0.25, 0.3) is 0 Å². The predicted molar refractivity (Wildman–Crippen MR) is 126 cm³/mol. The van der Waals surface area contributed by atoms with E-state index in [1.54, 1.807) is 0 Å². The van der Waals surface area contributed by atoms with Crippen molar-refractivity contribution < 1.29 is 0 Å². The molecular weight excluding hydrogens is 376 g/mol. The second-order valence-electron chi connectivity index (χ2n) is 8.83. The van der Waals surface area contributed by atoms with Crippen molar-refractivity contribution in [3.05, 3.63) is 70.7 Å². The van der Waals surface area contributed by atoms with Gasteiger partial charge in [0.15, 0.2) is 0 Å². The normalized spacial score (nSPS) is 26.7. The van der Waals surface area contributed by atoms with E-state index in [2.05, 4.69) is 74.6 Å². The van der Waals surface area contributed by atoms with Crippen molar-refractivity contribution in [2.24, 2.45) is 5.92 Å². The van der Waals surface area contributed by atoms with Gasteiger partial charge in [0.2, 0.25) is 0 Å². The van der Waals surface area contributed by atoms with Gasteiger partial charge >= 0.3 is 0 Å². The summed E-state index contributed by atoms with van der Waals surface area (Å²) in [5.74, 6) is 0.695. The van der Waals surface area contributed by atoms with Crippen LogP contribution in [0.15, 0.2) is 54.6 Å². The van der Waals surface area contributed by atoms with Gasteiger partial charge in [0.05, 0.1) is 0 Å². The number of hydrogen-bond acceptors (Lipinski definition) is 2. The number of benzene rings is 2. The fourth-order valence-corrected chi connectivity index (χ4v) is 5.08. The van der Waals surface area contributed by atoms with E-state index in [0.29, 0.717) is 12.0 Å². The lowest BCUT2D eigenvalue weighted by molar-refractivity contribution is 0.0318. The van der Waals surface area contributed by atoms with Gasteiger partial charge in [0, 0.05) is 22.6 Å². The second kappa shape index (κ2) is 10.1. The second-order valence-corrected chi connectivity index (χ2v) is 9.27. The Morgan fingerprint density at radius 1 is 1.03 bits per heavy atom. The number of halogens is 1. The minimum Gasteiger partial charge on any atom is -0.317 e. The van der Waals surface area contributed by atoms with E-state index in [1.165, 1.54) is 43.2 Å². The summed E-state index contributed by atoms with van der Waals surface area (Å²) < 4.78 is 0. The Morgan fingerprint density at radius 2 is 1.69 bits per heavy atom. The Kier molecular flexibility index (Phi) is 7.79.